The highest BCUT2D eigenvalue weighted by Crippen LogP contribution is 2.47. The summed E-state index contributed by atoms with van der Waals surface area (Å²) < 4.78 is 41.3. The zero-order valence-corrected chi connectivity index (χ0v) is 16.4. The largest absolute Gasteiger partial charge is 0.496 e. The van der Waals surface area contributed by atoms with Crippen molar-refractivity contribution in [3.63, 3.8) is 0 Å². The van der Waals surface area contributed by atoms with Crippen molar-refractivity contribution in [2.24, 2.45) is 11.8 Å². The molecule has 3 atom stereocenters. The number of methoxy groups -OCH3 is 1. The second-order valence-corrected chi connectivity index (χ2v) is 9.67. The van der Waals surface area contributed by atoms with Gasteiger partial charge in [0.25, 0.3) is 0 Å². The van der Waals surface area contributed by atoms with Crippen LogP contribution < -0.4 is 9.46 Å². The summed E-state index contributed by atoms with van der Waals surface area (Å²) in [5.41, 5.74) is 1.40. The molecule has 5 rings (SSSR count). The number of aromatic nitrogens is 3. The molecule has 28 heavy (non-hydrogen) atoms. The average Bonchev–Trinajstić information content (AvgIpc) is 3.46. The van der Waals surface area contributed by atoms with Gasteiger partial charge in [-0.05, 0) is 54.9 Å². The molecule has 0 amide bonds. The Hall–Kier alpha value is -2.55. The van der Waals surface area contributed by atoms with E-state index in [9.17, 15) is 8.42 Å². The maximum Gasteiger partial charge on any atom is 0.237 e. The van der Waals surface area contributed by atoms with Crippen molar-refractivity contribution in [1.29, 1.82) is 0 Å². The lowest BCUT2D eigenvalue weighted by Crippen LogP contribution is -2.32. The fraction of sp³-hybridized carbons (Fsp3) is 0.474. The molecule has 2 bridgehead atoms. The summed E-state index contributed by atoms with van der Waals surface area (Å²) in [5.74, 6) is 1.51. The highest BCUT2D eigenvalue weighted by Gasteiger charge is 2.46. The minimum Gasteiger partial charge on any atom is -0.496 e. The molecule has 0 saturated heterocycles. The van der Waals surface area contributed by atoms with E-state index in [0.717, 1.165) is 31.2 Å². The number of benzene rings is 1. The fourth-order valence-electron chi connectivity index (χ4n) is 4.77. The van der Waals surface area contributed by atoms with Gasteiger partial charge in [-0.1, -0.05) is 11.6 Å². The minimum absolute atomic E-state index is 0.195. The van der Waals surface area contributed by atoms with Gasteiger partial charge in [-0.3, -0.25) is 9.40 Å². The monoisotopic (exact) mass is 402 g/mol. The molecular weight excluding hydrogens is 380 g/mol. The Morgan fingerprint density at radius 3 is 2.89 bits per heavy atom. The number of hydrogen-bond donors (Lipinski definition) is 1. The van der Waals surface area contributed by atoms with Crippen LogP contribution in [0.25, 0.3) is 11.0 Å². The van der Waals surface area contributed by atoms with Crippen LogP contribution >= 0.6 is 0 Å². The van der Waals surface area contributed by atoms with Crippen molar-refractivity contribution in [3.8, 4) is 5.75 Å². The van der Waals surface area contributed by atoms with Crippen molar-refractivity contribution >= 4 is 26.8 Å². The molecule has 9 heteroatoms. The van der Waals surface area contributed by atoms with E-state index in [1.807, 2.05) is 24.4 Å². The van der Waals surface area contributed by atoms with Crippen molar-refractivity contribution in [1.82, 2.24) is 14.9 Å². The highest BCUT2D eigenvalue weighted by molar-refractivity contribution is 7.93. The number of fused-ring (bicyclic) bond motifs is 3. The molecule has 1 unspecified atom stereocenters. The normalized spacial score (nSPS) is 24.1. The minimum atomic E-state index is -3.52. The second-order valence-electron chi connectivity index (χ2n) is 7.77. The predicted molar refractivity (Wildman–Crippen MR) is 104 cm³/mol. The van der Waals surface area contributed by atoms with Crippen molar-refractivity contribution in [3.05, 3.63) is 36.2 Å². The van der Waals surface area contributed by atoms with Gasteiger partial charge in [-0.15, -0.1) is 0 Å². The molecule has 2 aromatic heterocycles. The summed E-state index contributed by atoms with van der Waals surface area (Å²) in [6.45, 7) is 0.548. The predicted octanol–water partition coefficient (Wildman–Crippen LogP) is 3.01. The van der Waals surface area contributed by atoms with Crippen LogP contribution in [0.5, 0.6) is 5.75 Å². The van der Waals surface area contributed by atoms with E-state index in [1.165, 1.54) is 0 Å². The Labute approximate surface area is 162 Å². The third-order valence-electron chi connectivity index (χ3n) is 6.03. The highest BCUT2D eigenvalue weighted by atomic mass is 32.2. The van der Waals surface area contributed by atoms with E-state index >= 15 is 0 Å². The Balaban J connectivity index is 1.47. The molecule has 1 N–H and O–H groups in total. The lowest BCUT2D eigenvalue weighted by Gasteiger charge is -2.21. The van der Waals surface area contributed by atoms with E-state index in [-0.39, 0.29) is 17.0 Å². The first-order valence-corrected chi connectivity index (χ1v) is 11.0. The third kappa shape index (κ3) is 2.94. The van der Waals surface area contributed by atoms with Crippen LogP contribution in [0.1, 0.15) is 31.2 Å². The van der Waals surface area contributed by atoms with Crippen LogP contribution in [0.15, 0.2) is 35.1 Å². The molecule has 2 fully saturated rings. The second kappa shape index (κ2) is 6.51. The Morgan fingerprint density at radius 2 is 2.21 bits per heavy atom. The van der Waals surface area contributed by atoms with Gasteiger partial charge in [0.05, 0.1) is 18.9 Å². The topological polar surface area (TPSA) is 99.2 Å². The van der Waals surface area contributed by atoms with Gasteiger partial charge in [-0.2, -0.15) is 5.10 Å². The number of hydrogen-bond acceptors (Lipinski definition) is 6. The molecule has 0 spiro atoms. The van der Waals surface area contributed by atoms with Crippen LogP contribution in [0, 0.1) is 11.8 Å². The Kier molecular flexibility index (Phi) is 4.08. The van der Waals surface area contributed by atoms with Gasteiger partial charge >= 0.3 is 0 Å². The first-order chi connectivity index (χ1) is 13.5. The zero-order valence-electron chi connectivity index (χ0n) is 15.5. The quantitative estimate of drug-likeness (QED) is 0.680. The molecule has 2 heterocycles. The molecule has 0 radical (unpaired) electrons. The number of ether oxygens (including phenoxy) is 1. The number of nitrogens with zero attached hydrogens (tertiary/aromatic N) is 3. The Bertz CT molecular complexity index is 1110. The van der Waals surface area contributed by atoms with Crippen LogP contribution in [0.4, 0.5) is 5.82 Å². The number of nitrogens with one attached hydrogen (secondary N) is 1. The molecular formula is C19H22N4O4S. The third-order valence-corrected chi connectivity index (χ3v) is 7.88. The molecule has 3 aromatic rings. The van der Waals surface area contributed by atoms with Crippen LogP contribution in [-0.2, 0) is 16.6 Å². The summed E-state index contributed by atoms with van der Waals surface area (Å²) in [6, 6.07) is 5.55. The Morgan fingerprint density at radius 1 is 1.32 bits per heavy atom. The van der Waals surface area contributed by atoms with Crippen LogP contribution in [0.3, 0.4) is 0 Å². The first kappa shape index (κ1) is 17.5. The zero-order chi connectivity index (χ0) is 19.3. The molecule has 8 nitrogen and oxygen atoms in total. The van der Waals surface area contributed by atoms with E-state index in [1.54, 1.807) is 18.0 Å². The number of rotatable bonds is 6. The summed E-state index contributed by atoms with van der Waals surface area (Å²) in [6.07, 6.45) is 7.48. The molecule has 2 saturated carbocycles. The molecule has 2 aliphatic carbocycles. The lowest BCUT2D eigenvalue weighted by atomic mass is 10.0. The first-order valence-electron chi connectivity index (χ1n) is 9.49. The molecule has 0 aliphatic heterocycles. The maximum atomic E-state index is 13.0. The van der Waals surface area contributed by atoms with E-state index in [2.05, 4.69) is 15.0 Å². The fourth-order valence-corrected chi connectivity index (χ4v) is 6.61. The van der Waals surface area contributed by atoms with Crippen LogP contribution in [0.2, 0.25) is 0 Å². The maximum absolute atomic E-state index is 13.0. The summed E-state index contributed by atoms with van der Waals surface area (Å²) >= 11 is 0. The van der Waals surface area contributed by atoms with Crippen LogP contribution in [-0.4, -0.2) is 35.7 Å². The lowest BCUT2D eigenvalue weighted by molar-refractivity contribution is 0.418. The standard InChI is InChI=1S/C19H22N4O4S/c1-26-15-8-13(11-23-6-2-5-20-23)9-16-18(15)19(21-27-16)22-28(24,25)17-10-12-3-4-14(17)7-12/h2,5-6,8-9,12,14,17H,3-4,7,10-11H2,1H3,(H,21,22)/t12-,14?,17-/m0/s1. The average molecular weight is 402 g/mol. The van der Waals surface area contributed by atoms with Gasteiger partial charge in [0.15, 0.2) is 11.4 Å². The molecule has 1 aromatic carbocycles. The summed E-state index contributed by atoms with van der Waals surface area (Å²) in [7, 11) is -1.97. The number of sulfonamides is 1. The SMILES string of the molecule is COc1cc(Cn2cccn2)cc2onc(NS(=O)(=O)[C@H]3C[C@H]4CCC3C4)c12. The van der Waals surface area contributed by atoms with Crippen molar-refractivity contribution < 1.29 is 17.7 Å². The summed E-state index contributed by atoms with van der Waals surface area (Å²) in [5, 5.41) is 8.39. The molecule has 2 aliphatic rings. The smallest absolute Gasteiger partial charge is 0.237 e. The number of anilines is 1. The van der Waals surface area contributed by atoms with Crippen molar-refractivity contribution in [2.45, 2.75) is 37.5 Å². The van der Waals surface area contributed by atoms with Gasteiger partial charge in [0.2, 0.25) is 10.0 Å². The summed E-state index contributed by atoms with van der Waals surface area (Å²) in [4.78, 5) is 0. The van der Waals surface area contributed by atoms with Gasteiger partial charge in [0.1, 0.15) is 11.1 Å². The van der Waals surface area contributed by atoms with Gasteiger partial charge in [0, 0.05) is 12.4 Å². The van der Waals surface area contributed by atoms with Crippen molar-refractivity contribution in [2.75, 3.05) is 11.8 Å². The van der Waals surface area contributed by atoms with E-state index < -0.39 is 10.0 Å². The molecule has 148 valence electrons. The van der Waals surface area contributed by atoms with E-state index in [0.29, 0.717) is 29.2 Å². The van der Waals surface area contributed by atoms with Gasteiger partial charge in [-0.25, -0.2) is 8.42 Å². The van der Waals surface area contributed by atoms with E-state index in [4.69, 9.17) is 9.26 Å². The van der Waals surface area contributed by atoms with Gasteiger partial charge < -0.3 is 9.26 Å².